The molecule has 1 N–H and O–H groups in total. The number of ether oxygens (including phenoxy) is 1. The molecule has 21 heavy (non-hydrogen) atoms. The van der Waals surface area contributed by atoms with E-state index in [4.69, 9.17) is 9.84 Å². The molecule has 1 aliphatic rings. The summed E-state index contributed by atoms with van der Waals surface area (Å²) in [5, 5.41) is 8.45. The first-order chi connectivity index (χ1) is 10.2. The minimum Gasteiger partial charge on any atom is -0.494 e. The molecule has 4 heteroatoms. The number of anilines is 1. The topological polar surface area (TPSA) is 39.1 Å². The van der Waals surface area contributed by atoms with Gasteiger partial charge in [-0.15, -0.1) is 0 Å². The van der Waals surface area contributed by atoms with E-state index in [-0.39, 0.29) is 0 Å². The Labute approximate surface area is 126 Å². The lowest BCUT2D eigenvalue weighted by Crippen LogP contribution is -2.08. The van der Waals surface area contributed by atoms with Gasteiger partial charge in [-0.25, -0.2) is 4.68 Å². The highest BCUT2D eigenvalue weighted by Gasteiger charge is 2.23. The summed E-state index contributed by atoms with van der Waals surface area (Å²) < 4.78 is 7.53. The van der Waals surface area contributed by atoms with Crippen LogP contribution in [0.25, 0.3) is 5.69 Å². The normalized spacial score (nSPS) is 14.5. The molecule has 4 nitrogen and oxygen atoms in total. The van der Waals surface area contributed by atoms with Crippen LogP contribution in [0.3, 0.4) is 0 Å². The van der Waals surface area contributed by atoms with Crippen molar-refractivity contribution in [1.82, 2.24) is 9.78 Å². The monoisotopic (exact) mass is 285 g/mol. The van der Waals surface area contributed by atoms with Crippen molar-refractivity contribution in [2.45, 2.75) is 39.0 Å². The van der Waals surface area contributed by atoms with Gasteiger partial charge in [-0.3, -0.25) is 0 Å². The fraction of sp³-hybridized carbons (Fsp3) is 0.471. The van der Waals surface area contributed by atoms with E-state index in [9.17, 15) is 0 Å². The maximum Gasteiger partial charge on any atom is 0.144 e. The molecule has 0 atom stereocenters. The average Bonchev–Trinajstić information content (AvgIpc) is 2.69. The number of rotatable bonds is 3. The van der Waals surface area contributed by atoms with Gasteiger partial charge in [-0.1, -0.05) is 26.0 Å². The van der Waals surface area contributed by atoms with Crippen molar-refractivity contribution in [2.75, 3.05) is 19.0 Å². The van der Waals surface area contributed by atoms with Gasteiger partial charge in [0.25, 0.3) is 0 Å². The average molecular weight is 285 g/mol. The third-order valence-corrected chi connectivity index (χ3v) is 4.02. The van der Waals surface area contributed by atoms with Gasteiger partial charge < -0.3 is 10.1 Å². The van der Waals surface area contributed by atoms with Crippen LogP contribution in [0.5, 0.6) is 5.75 Å². The van der Waals surface area contributed by atoms with Crippen LogP contribution in [0.4, 0.5) is 5.82 Å². The first-order valence-electron chi connectivity index (χ1n) is 7.71. The molecule has 1 aromatic heterocycles. The van der Waals surface area contributed by atoms with Crippen LogP contribution in [0, 0.1) is 0 Å². The van der Waals surface area contributed by atoms with E-state index in [1.165, 1.54) is 24.1 Å². The third-order valence-electron chi connectivity index (χ3n) is 4.02. The van der Waals surface area contributed by atoms with Gasteiger partial charge in [-0.2, -0.15) is 5.10 Å². The molecular weight excluding hydrogens is 262 g/mol. The molecule has 1 aromatic carbocycles. The van der Waals surface area contributed by atoms with Gasteiger partial charge in [0.2, 0.25) is 0 Å². The lowest BCUT2D eigenvalue weighted by atomic mass is 10.0. The predicted molar refractivity (Wildman–Crippen MR) is 85.6 cm³/mol. The van der Waals surface area contributed by atoms with E-state index < -0.39 is 0 Å². The molecule has 0 saturated carbocycles. The van der Waals surface area contributed by atoms with Crippen molar-refractivity contribution < 1.29 is 4.74 Å². The fourth-order valence-electron chi connectivity index (χ4n) is 2.97. The van der Waals surface area contributed by atoms with Crippen LogP contribution in [-0.4, -0.2) is 23.4 Å². The van der Waals surface area contributed by atoms with Crippen molar-refractivity contribution in [2.24, 2.45) is 0 Å². The smallest absolute Gasteiger partial charge is 0.144 e. The van der Waals surface area contributed by atoms with Gasteiger partial charge in [0, 0.05) is 12.1 Å². The highest BCUT2D eigenvalue weighted by atomic mass is 16.5. The van der Waals surface area contributed by atoms with Crippen LogP contribution >= 0.6 is 0 Å². The molecule has 0 fully saturated rings. The van der Waals surface area contributed by atoms with Crippen molar-refractivity contribution in [3.05, 3.63) is 35.5 Å². The summed E-state index contributed by atoms with van der Waals surface area (Å²) in [6.45, 7) is 5.42. The van der Waals surface area contributed by atoms with E-state index in [1.807, 2.05) is 22.9 Å². The molecular formula is C17H23N3O. The highest BCUT2D eigenvalue weighted by Crippen LogP contribution is 2.34. The van der Waals surface area contributed by atoms with E-state index in [0.29, 0.717) is 5.92 Å². The Morgan fingerprint density at radius 1 is 1.24 bits per heavy atom. The largest absolute Gasteiger partial charge is 0.494 e. The summed E-state index contributed by atoms with van der Waals surface area (Å²) in [4.78, 5) is 0. The summed E-state index contributed by atoms with van der Waals surface area (Å²) >= 11 is 0. The summed E-state index contributed by atoms with van der Waals surface area (Å²) in [7, 11) is 1.71. The number of fused-ring (bicyclic) bond motifs is 1. The van der Waals surface area contributed by atoms with Crippen LogP contribution in [0.15, 0.2) is 24.3 Å². The number of nitrogens with one attached hydrogen (secondary N) is 1. The Bertz CT molecular complexity index is 631. The number of hydrogen-bond donors (Lipinski definition) is 1. The molecule has 0 amide bonds. The van der Waals surface area contributed by atoms with Gasteiger partial charge in [0.05, 0.1) is 12.8 Å². The van der Waals surface area contributed by atoms with Gasteiger partial charge in [0.1, 0.15) is 17.3 Å². The van der Waals surface area contributed by atoms with Crippen molar-refractivity contribution in [3.8, 4) is 11.4 Å². The zero-order valence-electron chi connectivity index (χ0n) is 13.0. The van der Waals surface area contributed by atoms with Gasteiger partial charge in [0.15, 0.2) is 0 Å². The quantitative estimate of drug-likeness (QED) is 0.933. The zero-order valence-corrected chi connectivity index (χ0v) is 13.0. The lowest BCUT2D eigenvalue weighted by Gasteiger charge is -2.12. The number of hydrogen-bond acceptors (Lipinski definition) is 3. The van der Waals surface area contributed by atoms with E-state index in [1.54, 1.807) is 7.11 Å². The molecule has 1 aliphatic heterocycles. The SMILES string of the molecule is COc1ccccc1-n1nc(C(C)C)c2c1NCCCC2. The molecule has 0 bridgehead atoms. The van der Waals surface area contributed by atoms with Crippen molar-refractivity contribution in [3.63, 3.8) is 0 Å². The number of benzene rings is 1. The summed E-state index contributed by atoms with van der Waals surface area (Å²) in [6.07, 6.45) is 3.53. The summed E-state index contributed by atoms with van der Waals surface area (Å²) in [5.74, 6) is 2.42. The first-order valence-corrected chi connectivity index (χ1v) is 7.71. The predicted octanol–water partition coefficient (Wildman–Crippen LogP) is 3.75. The minimum absolute atomic E-state index is 0.426. The second-order valence-electron chi connectivity index (χ2n) is 5.83. The van der Waals surface area contributed by atoms with Crippen molar-refractivity contribution in [1.29, 1.82) is 0 Å². The highest BCUT2D eigenvalue weighted by molar-refractivity contribution is 5.58. The number of nitrogens with zero attached hydrogens (tertiary/aromatic N) is 2. The number of para-hydroxylation sites is 2. The minimum atomic E-state index is 0.426. The fourth-order valence-corrected chi connectivity index (χ4v) is 2.97. The van der Waals surface area contributed by atoms with Gasteiger partial charge in [-0.05, 0) is 37.3 Å². The van der Waals surface area contributed by atoms with Crippen molar-refractivity contribution >= 4 is 5.82 Å². The van der Waals surface area contributed by atoms with Crippen LogP contribution in [0.2, 0.25) is 0 Å². The maximum absolute atomic E-state index is 5.50. The summed E-state index contributed by atoms with van der Waals surface area (Å²) in [5.41, 5.74) is 3.57. The summed E-state index contributed by atoms with van der Waals surface area (Å²) in [6, 6.07) is 8.05. The standard InChI is InChI=1S/C17H23N3O/c1-12(2)16-13-8-6-7-11-18-17(13)20(19-16)14-9-4-5-10-15(14)21-3/h4-5,9-10,12,18H,6-8,11H2,1-3H3. The van der Waals surface area contributed by atoms with E-state index >= 15 is 0 Å². The van der Waals surface area contributed by atoms with Crippen LogP contribution in [-0.2, 0) is 6.42 Å². The van der Waals surface area contributed by atoms with E-state index in [0.717, 1.165) is 30.2 Å². The Morgan fingerprint density at radius 3 is 2.81 bits per heavy atom. The molecule has 0 aliphatic carbocycles. The molecule has 112 valence electrons. The van der Waals surface area contributed by atoms with Gasteiger partial charge >= 0.3 is 0 Å². The Morgan fingerprint density at radius 2 is 2.05 bits per heavy atom. The molecule has 3 rings (SSSR count). The molecule has 2 aromatic rings. The molecule has 0 radical (unpaired) electrons. The third kappa shape index (κ3) is 2.50. The first kappa shape index (κ1) is 14.0. The Hall–Kier alpha value is -1.97. The Balaban J connectivity index is 2.18. The number of methoxy groups -OCH3 is 1. The molecule has 0 unspecified atom stereocenters. The zero-order chi connectivity index (χ0) is 14.8. The second kappa shape index (κ2) is 5.80. The molecule has 0 saturated heterocycles. The Kier molecular flexibility index (Phi) is 3.86. The van der Waals surface area contributed by atoms with Crippen LogP contribution < -0.4 is 10.1 Å². The molecule has 2 heterocycles. The molecule has 0 spiro atoms. The van der Waals surface area contributed by atoms with E-state index in [2.05, 4.69) is 25.2 Å². The lowest BCUT2D eigenvalue weighted by molar-refractivity contribution is 0.411. The number of aromatic nitrogens is 2. The maximum atomic E-state index is 5.50. The van der Waals surface area contributed by atoms with Crippen LogP contribution in [0.1, 0.15) is 43.9 Å². The second-order valence-corrected chi connectivity index (χ2v) is 5.83.